The number of carbonyl (C=O) groups excluding carboxylic acids is 2. The van der Waals surface area contributed by atoms with Crippen LogP contribution >= 0.6 is 0 Å². The molecule has 0 radical (unpaired) electrons. The van der Waals surface area contributed by atoms with Crippen molar-refractivity contribution < 1.29 is 14.3 Å². The van der Waals surface area contributed by atoms with Crippen LogP contribution in [0, 0.1) is 5.92 Å². The van der Waals surface area contributed by atoms with E-state index in [0.717, 1.165) is 5.56 Å². The normalized spacial score (nSPS) is 22.9. The Morgan fingerprint density at radius 2 is 2.05 bits per heavy atom. The summed E-state index contributed by atoms with van der Waals surface area (Å²) < 4.78 is 5.30. The van der Waals surface area contributed by atoms with Crippen LogP contribution in [0.3, 0.4) is 0 Å². The van der Waals surface area contributed by atoms with Gasteiger partial charge < -0.3 is 10.1 Å². The topological polar surface area (TPSA) is 58.6 Å². The summed E-state index contributed by atoms with van der Waals surface area (Å²) in [4.78, 5) is 25.4. The van der Waals surface area contributed by atoms with Crippen molar-refractivity contribution in [2.75, 3.05) is 13.1 Å². The Labute approximate surface area is 118 Å². The highest BCUT2D eigenvalue weighted by Gasteiger charge is 2.31. The Balaban J connectivity index is 1.97. The summed E-state index contributed by atoms with van der Waals surface area (Å²) in [6, 6.07) is 9.00. The second-order valence-corrected chi connectivity index (χ2v) is 5.22. The maximum Gasteiger partial charge on any atom is 0.410 e. The molecular formula is C15H20N2O3. The molecule has 1 N–H and O–H groups in total. The number of rotatable bonds is 2. The van der Waals surface area contributed by atoms with Crippen molar-refractivity contribution in [1.82, 2.24) is 10.2 Å². The van der Waals surface area contributed by atoms with E-state index in [9.17, 15) is 9.59 Å². The van der Waals surface area contributed by atoms with Gasteiger partial charge in [0, 0.05) is 13.1 Å². The highest BCUT2D eigenvalue weighted by molar-refractivity contribution is 5.85. The third-order valence-corrected chi connectivity index (χ3v) is 3.42. The fourth-order valence-electron chi connectivity index (χ4n) is 2.16. The molecule has 1 fully saturated rings. The van der Waals surface area contributed by atoms with Crippen molar-refractivity contribution in [3.63, 3.8) is 0 Å². The summed E-state index contributed by atoms with van der Waals surface area (Å²) >= 11 is 0. The first-order chi connectivity index (χ1) is 9.58. The molecule has 108 valence electrons. The van der Waals surface area contributed by atoms with Gasteiger partial charge in [-0.1, -0.05) is 37.3 Å². The van der Waals surface area contributed by atoms with Crippen LogP contribution in [0.2, 0.25) is 0 Å². The van der Waals surface area contributed by atoms with Gasteiger partial charge in [-0.25, -0.2) is 4.79 Å². The van der Waals surface area contributed by atoms with Crippen LogP contribution in [0.25, 0.3) is 0 Å². The highest BCUT2D eigenvalue weighted by Crippen LogP contribution is 2.12. The van der Waals surface area contributed by atoms with Crippen LogP contribution in [0.4, 0.5) is 4.79 Å². The second-order valence-electron chi connectivity index (χ2n) is 5.22. The lowest BCUT2D eigenvalue weighted by atomic mass is 10.2. The number of carbonyl (C=O) groups is 2. The molecule has 1 aliphatic rings. The first-order valence-electron chi connectivity index (χ1n) is 6.83. The molecule has 0 aromatic heterocycles. The molecule has 1 aliphatic heterocycles. The molecule has 1 saturated heterocycles. The van der Waals surface area contributed by atoms with Crippen molar-refractivity contribution in [2.24, 2.45) is 5.92 Å². The minimum absolute atomic E-state index is 0.133. The zero-order chi connectivity index (χ0) is 14.5. The third-order valence-electron chi connectivity index (χ3n) is 3.42. The van der Waals surface area contributed by atoms with Gasteiger partial charge in [0.15, 0.2) is 0 Å². The van der Waals surface area contributed by atoms with Crippen LogP contribution in [-0.2, 0) is 16.1 Å². The summed E-state index contributed by atoms with van der Waals surface area (Å²) in [6.45, 7) is 5.05. The SMILES string of the molecule is C[C@H]1CNC(=O)[C@@H](C)N(C(=O)OCc2ccccc2)C1. The molecule has 2 amide bonds. The highest BCUT2D eigenvalue weighted by atomic mass is 16.6. The Kier molecular flexibility index (Phi) is 4.61. The molecule has 2 rings (SSSR count). The molecule has 0 spiro atoms. The predicted octanol–water partition coefficient (Wildman–Crippen LogP) is 1.78. The van der Waals surface area contributed by atoms with Crippen molar-refractivity contribution >= 4 is 12.0 Å². The largest absolute Gasteiger partial charge is 0.445 e. The van der Waals surface area contributed by atoms with E-state index < -0.39 is 12.1 Å². The van der Waals surface area contributed by atoms with Gasteiger partial charge in [0.1, 0.15) is 12.6 Å². The Morgan fingerprint density at radius 1 is 1.35 bits per heavy atom. The van der Waals surface area contributed by atoms with Gasteiger partial charge in [-0.15, -0.1) is 0 Å². The second kappa shape index (κ2) is 6.41. The number of amides is 2. The zero-order valence-electron chi connectivity index (χ0n) is 11.8. The number of nitrogens with one attached hydrogen (secondary N) is 1. The van der Waals surface area contributed by atoms with Crippen molar-refractivity contribution in [1.29, 1.82) is 0 Å². The predicted molar refractivity (Wildman–Crippen MR) is 75.0 cm³/mol. The lowest BCUT2D eigenvalue weighted by Crippen LogP contribution is -2.45. The fraction of sp³-hybridized carbons (Fsp3) is 0.467. The molecule has 1 aromatic carbocycles. The van der Waals surface area contributed by atoms with E-state index in [1.165, 1.54) is 4.90 Å². The maximum atomic E-state index is 12.1. The summed E-state index contributed by atoms with van der Waals surface area (Å²) in [5.41, 5.74) is 0.931. The van der Waals surface area contributed by atoms with Gasteiger partial charge in [-0.2, -0.15) is 0 Å². The molecule has 0 unspecified atom stereocenters. The van der Waals surface area contributed by atoms with Crippen LogP contribution < -0.4 is 5.32 Å². The van der Waals surface area contributed by atoms with Crippen molar-refractivity contribution in [3.05, 3.63) is 35.9 Å². The van der Waals surface area contributed by atoms with E-state index in [4.69, 9.17) is 4.74 Å². The van der Waals surface area contributed by atoms with Crippen LogP contribution in [0.15, 0.2) is 30.3 Å². The number of hydrogen-bond acceptors (Lipinski definition) is 3. The lowest BCUT2D eigenvalue weighted by Gasteiger charge is -2.26. The summed E-state index contributed by atoms with van der Waals surface area (Å²) in [5, 5.41) is 2.81. The number of benzene rings is 1. The summed E-state index contributed by atoms with van der Waals surface area (Å²) in [5.74, 6) is 0.0826. The van der Waals surface area contributed by atoms with Gasteiger partial charge in [-0.05, 0) is 18.4 Å². The van der Waals surface area contributed by atoms with E-state index in [1.807, 2.05) is 37.3 Å². The van der Waals surface area contributed by atoms with Crippen LogP contribution in [-0.4, -0.2) is 36.0 Å². The maximum absolute atomic E-state index is 12.1. The summed E-state index contributed by atoms with van der Waals surface area (Å²) in [6.07, 6.45) is -0.440. The van der Waals surface area contributed by atoms with Gasteiger partial charge in [0.25, 0.3) is 0 Å². The minimum atomic E-state index is -0.497. The van der Waals surface area contributed by atoms with Crippen molar-refractivity contribution in [3.8, 4) is 0 Å². The average Bonchev–Trinajstić information content (AvgIpc) is 2.59. The Hall–Kier alpha value is -2.04. The Morgan fingerprint density at radius 3 is 2.75 bits per heavy atom. The van der Waals surface area contributed by atoms with E-state index in [1.54, 1.807) is 6.92 Å². The smallest absolute Gasteiger partial charge is 0.410 e. The average molecular weight is 276 g/mol. The standard InChI is InChI=1S/C15H20N2O3/c1-11-8-16-14(18)12(2)17(9-11)15(19)20-10-13-6-4-3-5-7-13/h3-7,11-12H,8-10H2,1-2H3,(H,16,18)/t11-,12+/m0/s1. The van der Waals surface area contributed by atoms with Gasteiger partial charge in [0.05, 0.1) is 0 Å². The van der Waals surface area contributed by atoms with Crippen molar-refractivity contribution in [2.45, 2.75) is 26.5 Å². The molecule has 1 aromatic rings. The van der Waals surface area contributed by atoms with E-state index in [0.29, 0.717) is 13.1 Å². The zero-order valence-corrected chi connectivity index (χ0v) is 11.8. The monoisotopic (exact) mass is 276 g/mol. The van der Waals surface area contributed by atoms with Crippen LogP contribution in [0.5, 0.6) is 0 Å². The van der Waals surface area contributed by atoms with E-state index in [2.05, 4.69) is 5.32 Å². The quantitative estimate of drug-likeness (QED) is 0.895. The molecule has 0 bridgehead atoms. The van der Waals surface area contributed by atoms with E-state index >= 15 is 0 Å². The molecule has 5 heteroatoms. The van der Waals surface area contributed by atoms with Gasteiger partial charge in [-0.3, -0.25) is 9.69 Å². The van der Waals surface area contributed by atoms with E-state index in [-0.39, 0.29) is 18.4 Å². The first-order valence-corrected chi connectivity index (χ1v) is 6.83. The third kappa shape index (κ3) is 3.50. The molecule has 2 atom stereocenters. The number of nitrogens with zero attached hydrogens (tertiary/aromatic N) is 1. The Bertz CT molecular complexity index is 475. The van der Waals surface area contributed by atoms with Gasteiger partial charge in [0.2, 0.25) is 5.91 Å². The molecular weight excluding hydrogens is 256 g/mol. The molecule has 0 saturated carbocycles. The minimum Gasteiger partial charge on any atom is -0.445 e. The molecule has 20 heavy (non-hydrogen) atoms. The molecule has 0 aliphatic carbocycles. The first kappa shape index (κ1) is 14.4. The van der Waals surface area contributed by atoms with Gasteiger partial charge >= 0.3 is 6.09 Å². The summed E-state index contributed by atoms with van der Waals surface area (Å²) in [7, 11) is 0. The molecule has 5 nitrogen and oxygen atoms in total. The molecule has 1 heterocycles. The fourth-order valence-corrected chi connectivity index (χ4v) is 2.16. The number of ether oxygens (including phenoxy) is 1. The lowest BCUT2D eigenvalue weighted by molar-refractivity contribution is -0.124. The number of hydrogen-bond donors (Lipinski definition) is 1. The van der Waals surface area contributed by atoms with Crippen LogP contribution in [0.1, 0.15) is 19.4 Å².